The molecule has 26 heavy (non-hydrogen) atoms. The molecule has 0 aliphatic carbocycles. The minimum atomic E-state index is -0.0252. The molecule has 9 nitrogen and oxygen atoms in total. The molecule has 130 valence electrons. The van der Waals surface area contributed by atoms with Crippen molar-refractivity contribution in [3.8, 4) is 11.5 Å². The number of hydrogen-bond acceptors (Lipinski definition) is 7. The minimum Gasteiger partial charge on any atom is -0.370 e. The second-order valence-corrected chi connectivity index (χ2v) is 6.02. The Hall–Kier alpha value is -3.33. The zero-order valence-electron chi connectivity index (χ0n) is 13.9. The van der Waals surface area contributed by atoms with Crippen molar-refractivity contribution in [3.63, 3.8) is 0 Å². The summed E-state index contributed by atoms with van der Waals surface area (Å²) >= 11 is 0. The third-order valence-electron chi connectivity index (χ3n) is 4.47. The van der Waals surface area contributed by atoms with Gasteiger partial charge in [0.25, 0.3) is 0 Å². The summed E-state index contributed by atoms with van der Waals surface area (Å²) in [4.78, 5) is 19.8. The molecule has 1 unspecified atom stereocenters. The summed E-state index contributed by atoms with van der Waals surface area (Å²) in [6.07, 6.45) is 12.5. The number of imidazole rings is 1. The number of ether oxygens (including phenoxy) is 1. The van der Waals surface area contributed by atoms with E-state index in [1.807, 2.05) is 22.9 Å². The highest BCUT2D eigenvalue weighted by Crippen LogP contribution is 2.25. The number of nitrogens with one attached hydrogen (secondary N) is 1. The lowest BCUT2D eigenvalue weighted by atomic mass is 10.1. The molecular weight excluding hydrogens is 332 g/mol. The minimum absolute atomic E-state index is 0.0252. The summed E-state index contributed by atoms with van der Waals surface area (Å²) in [6.45, 7) is 2.13. The van der Waals surface area contributed by atoms with Crippen LogP contribution in [0.25, 0.3) is 17.2 Å². The van der Waals surface area contributed by atoms with Crippen molar-refractivity contribution in [1.82, 2.24) is 34.5 Å². The number of fused-ring (bicyclic) bond motifs is 1. The van der Waals surface area contributed by atoms with E-state index in [0.717, 1.165) is 29.3 Å². The van der Waals surface area contributed by atoms with E-state index >= 15 is 0 Å². The standard InChI is InChI=1S/C17H16N8O/c1-2-19-17(13-9-20-16-10-18-3-4-25(13)16)23-15(1)24-5-6-26-14(11-24)12-7-21-22-8-12/h1-4,7-10,14H,5-6,11H2,(H,21,22). The van der Waals surface area contributed by atoms with Crippen LogP contribution in [0.3, 0.4) is 0 Å². The molecule has 5 heterocycles. The lowest BCUT2D eigenvalue weighted by Crippen LogP contribution is -2.38. The Kier molecular flexibility index (Phi) is 3.56. The van der Waals surface area contributed by atoms with E-state index in [9.17, 15) is 0 Å². The Morgan fingerprint density at radius 3 is 3.08 bits per heavy atom. The highest BCUT2D eigenvalue weighted by atomic mass is 16.5. The van der Waals surface area contributed by atoms with Gasteiger partial charge in [0.2, 0.25) is 0 Å². The molecule has 1 fully saturated rings. The molecule has 1 N–H and O–H groups in total. The monoisotopic (exact) mass is 348 g/mol. The number of morpholine rings is 1. The maximum atomic E-state index is 5.87. The normalized spacial score (nSPS) is 17.7. The van der Waals surface area contributed by atoms with Gasteiger partial charge in [-0.25, -0.2) is 15.0 Å². The van der Waals surface area contributed by atoms with Gasteiger partial charge in [-0.15, -0.1) is 0 Å². The maximum Gasteiger partial charge on any atom is 0.180 e. The molecule has 0 amide bonds. The van der Waals surface area contributed by atoms with Gasteiger partial charge in [0, 0.05) is 43.4 Å². The van der Waals surface area contributed by atoms with Crippen LogP contribution >= 0.6 is 0 Å². The van der Waals surface area contributed by atoms with Gasteiger partial charge in [-0.2, -0.15) is 5.10 Å². The van der Waals surface area contributed by atoms with E-state index in [4.69, 9.17) is 9.72 Å². The summed E-state index contributed by atoms with van der Waals surface area (Å²) < 4.78 is 7.80. The molecule has 4 aromatic rings. The molecule has 1 atom stereocenters. The highest BCUT2D eigenvalue weighted by molar-refractivity contribution is 5.58. The number of H-pyrrole nitrogens is 1. The molecule has 0 aromatic carbocycles. The van der Waals surface area contributed by atoms with Crippen molar-refractivity contribution in [2.24, 2.45) is 0 Å². The van der Waals surface area contributed by atoms with Crippen LogP contribution in [-0.2, 0) is 4.74 Å². The van der Waals surface area contributed by atoms with E-state index in [1.54, 1.807) is 31.0 Å². The predicted molar refractivity (Wildman–Crippen MR) is 93.5 cm³/mol. The van der Waals surface area contributed by atoms with Gasteiger partial charge in [0.05, 0.1) is 25.2 Å². The smallest absolute Gasteiger partial charge is 0.180 e. The number of nitrogens with zero attached hydrogens (tertiary/aromatic N) is 7. The van der Waals surface area contributed by atoms with Crippen molar-refractivity contribution in [1.29, 1.82) is 0 Å². The number of rotatable bonds is 3. The summed E-state index contributed by atoms with van der Waals surface area (Å²) in [5.41, 5.74) is 2.64. The largest absolute Gasteiger partial charge is 0.370 e. The van der Waals surface area contributed by atoms with Crippen LogP contribution in [0, 0.1) is 0 Å². The molecular formula is C17H16N8O. The molecule has 9 heteroatoms. The number of aromatic nitrogens is 7. The molecule has 5 rings (SSSR count). The Balaban J connectivity index is 1.46. The lowest BCUT2D eigenvalue weighted by molar-refractivity contribution is 0.0395. The zero-order chi connectivity index (χ0) is 17.3. The van der Waals surface area contributed by atoms with Gasteiger partial charge in [0.15, 0.2) is 11.5 Å². The average molecular weight is 348 g/mol. The predicted octanol–water partition coefficient (Wildman–Crippen LogP) is 1.49. The highest BCUT2D eigenvalue weighted by Gasteiger charge is 2.24. The maximum absolute atomic E-state index is 5.87. The van der Waals surface area contributed by atoms with Crippen molar-refractivity contribution in [2.75, 3.05) is 24.6 Å². The van der Waals surface area contributed by atoms with E-state index in [0.29, 0.717) is 19.0 Å². The fraction of sp³-hybridized carbons (Fsp3) is 0.235. The molecule has 1 aliphatic heterocycles. The molecule has 0 radical (unpaired) electrons. The Morgan fingerprint density at radius 1 is 1.15 bits per heavy atom. The average Bonchev–Trinajstić information content (AvgIpc) is 3.38. The first-order chi connectivity index (χ1) is 12.9. The molecule has 0 bridgehead atoms. The Labute approximate surface area is 148 Å². The van der Waals surface area contributed by atoms with Crippen molar-refractivity contribution in [3.05, 3.63) is 55.0 Å². The van der Waals surface area contributed by atoms with Crippen LogP contribution in [-0.4, -0.2) is 54.2 Å². The van der Waals surface area contributed by atoms with Crippen LogP contribution in [0.5, 0.6) is 0 Å². The van der Waals surface area contributed by atoms with E-state index in [1.165, 1.54) is 0 Å². The first-order valence-electron chi connectivity index (χ1n) is 8.34. The lowest BCUT2D eigenvalue weighted by Gasteiger charge is -2.33. The van der Waals surface area contributed by atoms with Gasteiger partial charge >= 0.3 is 0 Å². The summed E-state index contributed by atoms with van der Waals surface area (Å²) in [7, 11) is 0. The molecule has 0 saturated carbocycles. The zero-order valence-corrected chi connectivity index (χ0v) is 13.9. The first kappa shape index (κ1) is 15.0. The van der Waals surface area contributed by atoms with Crippen molar-refractivity contribution < 1.29 is 4.74 Å². The van der Waals surface area contributed by atoms with Crippen molar-refractivity contribution in [2.45, 2.75) is 6.10 Å². The van der Waals surface area contributed by atoms with E-state index < -0.39 is 0 Å². The molecule has 1 aliphatic rings. The Morgan fingerprint density at radius 2 is 2.15 bits per heavy atom. The second kappa shape index (κ2) is 6.19. The van der Waals surface area contributed by atoms with Gasteiger partial charge < -0.3 is 9.64 Å². The van der Waals surface area contributed by atoms with Gasteiger partial charge in [-0.1, -0.05) is 0 Å². The van der Waals surface area contributed by atoms with Crippen LogP contribution in [0.4, 0.5) is 5.82 Å². The first-order valence-corrected chi connectivity index (χ1v) is 8.34. The Bertz CT molecular complexity index is 1030. The quantitative estimate of drug-likeness (QED) is 0.599. The van der Waals surface area contributed by atoms with Crippen LogP contribution in [0.2, 0.25) is 0 Å². The third-order valence-corrected chi connectivity index (χ3v) is 4.47. The molecule has 0 spiro atoms. The molecule has 4 aromatic heterocycles. The third kappa shape index (κ3) is 2.58. The van der Waals surface area contributed by atoms with Gasteiger partial charge in [0.1, 0.15) is 17.6 Å². The summed E-state index contributed by atoms with van der Waals surface area (Å²) in [6, 6.07) is 1.92. The molecule has 1 saturated heterocycles. The number of anilines is 1. The number of hydrogen-bond donors (Lipinski definition) is 1. The summed E-state index contributed by atoms with van der Waals surface area (Å²) in [5.74, 6) is 1.50. The second-order valence-electron chi connectivity index (χ2n) is 6.02. The van der Waals surface area contributed by atoms with Gasteiger partial charge in [-0.05, 0) is 6.07 Å². The van der Waals surface area contributed by atoms with Crippen molar-refractivity contribution >= 4 is 11.5 Å². The number of aromatic amines is 1. The van der Waals surface area contributed by atoms with Crippen LogP contribution < -0.4 is 4.90 Å². The van der Waals surface area contributed by atoms with Gasteiger partial charge in [-0.3, -0.25) is 14.5 Å². The fourth-order valence-electron chi connectivity index (χ4n) is 3.15. The fourth-order valence-corrected chi connectivity index (χ4v) is 3.15. The van der Waals surface area contributed by atoms with E-state index in [-0.39, 0.29) is 6.10 Å². The van der Waals surface area contributed by atoms with Crippen LogP contribution in [0.1, 0.15) is 11.7 Å². The topological polar surface area (TPSA) is 97.1 Å². The SMILES string of the molecule is c1cn2c(-c3nccc(N4CCOC(c5cn[nH]c5)C4)n3)cnc2cn1. The van der Waals surface area contributed by atoms with Crippen LogP contribution in [0.15, 0.2) is 49.4 Å². The van der Waals surface area contributed by atoms with E-state index in [2.05, 4.69) is 30.0 Å². The summed E-state index contributed by atoms with van der Waals surface area (Å²) in [5, 5.41) is 6.85.